The molecule has 3 rings (SSSR count). The Morgan fingerprint density at radius 2 is 1.57 bits per heavy atom. The van der Waals surface area contributed by atoms with Crippen molar-refractivity contribution in [3.05, 3.63) is 83.1 Å². The van der Waals surface area contributed by atoms with E-state index in [9.17, 15) is 23.5 Å². The number of anilines is 1. The topological polar surface area (TPSA) is 96.2 Å². The molecular formula is C28H34F2N4O3. The number of aromatic nitrogens is 2. The first-order chi connectivity index (χ1) is 17.2. The molecule has 1 heterocycles. The zero-order chi connectivity index (χ0) is 27.5. The second kappa shape index (κ2) is 10.8. The maximum atomic E-state index is 13.5. The van der Waals surface area contributed by atoms with Crippen molar-refractivity contribution in [3.8, 4) is 0 Å². The molecule has 0 radical (unpaired) electrons. The van der Waals surface area contributed by atoms with Gasteiger partial charge in [-0.2, -0.15) is 5.10 Å². The number of nitrogens with zero attached hydrogens (tertiary/aromatic N) is 2. The van der Waals surface area contributed by atoms with Gasteiger partial charge in [-0.1, -0.05) is 44.2 Å². The van der Waals surface area contributed by atoms with Crippen LogP contribution in [0.4, 0.5) is 14.6 Å². The molecule has 37 heavy (non-hydrogen) atoms. The highest BCUT2D eigenvalue weighted by Crippen LogP contribution is 2.31. The maximum Gasteiger partial charge on any atom is 0.254 e. The minimum Gasteiger partial charge on any atom is -0.378 e. The fraction of sp³-hybridized carbons (Fsp3) is 0.393. The van der Waals surface area contributed by atoms with Crippen molar-refractivity contribution in [2.45, 2.75) is 71.1 Å². The van der Waals surface area contributed by atoms with E-state index in [4.69, 9.17) is 5.10 Å². The molecule has 0 saturated heterocycles. The molecule has 198 valence electrons. The van der Waals surface area contributed by atoms with E-state index in [1.54, 1.807) is 4.68 Å². The number of halogens is 2. The van der Waals surface area contributed by atoms with Crippen LogP contribution in [-0.4, -0.2) is 32.7 Å². The van der Waals surface area contributed by atoms with Gasteiger partial charge in [0.05, 0.1) is 11.2 Å². The number of aliphatic hydroxyl groups is 1. The molecule has 3 aromatic rings. The molecule has 0 saturated carbocycles. The maximum absolute atomic E-state index is 13.5. The van der Waals surface area contributed by atoms with Gasteiger partial charge in [0.2, 0.25) is 5.91 Å². The zero-order valence-corrected chi connectivity index (χ0v) is 22.0. The fourth-order valence-electron chi connectivity index (χ4n) is 3.99. The number of nitrogens with one attached hydrogen (secondary N) is 2. The Balaban J connectivity index is 1.76. The summed E-state index contributed by atoms with van der Waals surface area (Å²) >= 11 is 0. The molecule has 9 heteroatoms. The SMILES string of the molecule is C[C@H](NC(=O)[C@@H](O)c1cc(F)cc(F)c1)C(=O)Nc1cc(C(C)(C)Cc2ccccc2)nn1C(C)(C)C. The summed E-state index contributed by atoms with van der Waals surface area (Å²) in [7, 11) is 0. The number of rotatable bonds is 8. The summed E-state index contributed by atoms with van der Waals surface area (Å²) in [5.41, 5.74) is 0.923. The molecule has 7 nitrogen and oxygen atoms in total. The number of benzene rings is 2. The molecule has 0 unspecified atom stereocenters. The van der Waals surface area contributed by atoms with Crippen LogP contribution in [0.2, 0.25) is 0 Å². The van der Waals surface area contributed by atoms with Crippen LogP contribution in [0, 0.1) is 11.6 Å². The van der Waals surface area contributed by atoms with Crippen LogP contribution in [0.1, 0.15) is 64.5 Å². The van der Waals surface area contributed by atoms with Gasteiger partial charge in [0.25, 0.3) is 5.91 Å². The Morgan fingerprint density at radius 3 is 2.14 bits per heavy atom. The quantitative estimate of drug-likeness (QED) is 0.411. The lowest BCUT2D eigenvalue weighted by Crippen LogP contribution is -2.44. The Kier molecular flexibility index (Phi) is 8.17. The Labute approximate surface area is 215 Å². The first-order valence-electron chi connectivity index (χ1n) is 12.1. The smallest absolute Gasteiger partial charge is 0.254 e. The van der Waals surface area contributed by atoms with Crippen LogP contribution >= 0.6 is 0 Å². The highest BCUT2D eigenvalue weighted by atomic mass is 19.1. The van der Waals surface area contributed by atoms with Crippen molar-refractivity contribution in [3.63, 3.8) is 0 Å². The second-order valence-electron chi connectivity index (χ2n) is 10.9. The van der Waals surface area contributed by atoms with Crippen LogP contribution in [0.15, 0.2) is 54.6 Å². The number of aliphatic hydroxyl groups excluding tert-OH is 1. The predicted octanol–water partition coefficient (Wildman–Crippen LogP) is 4.61. The number of carbonyl (C=O) groups excluding carboxylic acids is 2. The molecule has 2 amide bonds. The van der Waals surface area contributed by atoms with E-state index in [1.807, 2.05) is 45.0 Å². The van der Waals surface area contributed by atoms with E-state index < -0.39 is 41.1 Å². The van der Waals surface area contributed by atoms with Gasteiger partial charge < -0.3 is 15.7 Å². The summed E-state index contributed by atoms with van der Waals surface area (Å²) in [6.07, 6.45) is -1.10. The van der Waals surface area contributed by atoms with Crippen LogP contribution in [0.5, 0.6) is 0 Å². The lowest BCUT2D eigenvalue weighted by atomic mass is 9.83. The summed E-state index contributed by atoms with van der Waals surface area (Å²) in [4.78, 5) is 25.4. The fourth-order valence-corrected chi connectivity index (χ4v) is 3.99. The van der Waals surface area contributed by atoms with E-state index in [1.165, 1.54) is 6.92 Å². The Hall–Kier alpha value is -3.59. The van der Waals surface area contributed by atoms with Crippen molar-refractivity contribution in [2.24, 2.45) is 0 Å². The molecule has 0 bridgehead atoms. The number of carbonyl (C=O) groups is 2. The average molecular weight is 513 g/mol. The van der Waals surface area contributed by atoms with Crippen molar-refractivity contribution >= 4 is 17.6 Å². The Morgan fingerprint density at radius 1 is 0.973 bits per heavy atom. The minimum atomic E-state index is -1.84. The summed E-state index contributed by atoms with van der Waals surface area (Å²) in [6.45, 7) is 11.5. The van der Waals surface area contributed by atoms with Gasteiger partial charge in [-0.05, 0) is 57.4 Å². The molecule has 3 N–H and O–H groups in total. The molecule has 0 aliphatic carbocycles. The molecular weight excluding hydrogens is 478 g/mol. The zero-order valence-electron chi connectivity index (χ0n) is 22.0. The lowest BCUT2D eigenvalue weighted by molar-refractivity contribution is -0.132. The van der Waals surface area contributed by atoms with Crippen molar-refractivity contribution in [1.29, 1.82) is 0 Å². The third-order valence-electron chi connectivity index (χ3n) is 5.98. The van der Waals surface area contributed by atoms with E-state index in [0.717, 1.165) is 29.8 Å². The third kappa shape index (κ3) is 7.01. The summed E-state index contributed by atoms with van der Waals surface area (Å²) in [5, 5.41) is 20.3. The van der Waals surface area contributed by atoms with Crippen LogP contribution in [-0.2, 0) is 27.0 Å². The van der Waals surface area contributed by atoms with Gasteiger partial charge in [-0.15, -0.1) is 0 Å². The van der Waals surface area contributed by atoms with Gasteiger partial charge in [-0.3, -0.25) is 9.59 Å². The lowest BCUT2D eigenvalue weighted by Gasteiger charge is -2.25. The van der Waals surface area contributed by atoms with E-state index in [0.29, 0.717) is 11.9 Å². The van der Waals surface area contributed by atoms with Crippen LogP contribution in [0.25, 0.3) is 0 Å². The highest BCUT2D eigenvalue weighted by molar-refractivity contribution is 5.97. The van der Waals surface area contributed by atoms with E-state index in [-0.39, 0.29) is 11.0 Å². The van der Waals surface area contributed by atoms with Crippen molar-refractivity contribution < 1.29 is 23.5 Å². The van der Waals surface area contributed by atoms with Gasteiger partial charge in [-0.25, -0.2) is 13.5 Å². The van der Waals surface area contributed by atoms with Crippen molar-refractivity contribution in [1.82, 2.24) is 15.1 Å². The van der Waals surface area contributed by atoms with E-state index >= 15 is 0 Å². The number of amides is 2. The second-order valence-corrected chi connectivity index (χ2v) is 10.9. The normalized spacial score (nSPS) is 13.6. The first-order valence-corrected chi connectivity index (χ1v) is 12.1. The standard InChI is InChI=1S/C28H34F2N4O3/c1-17(31-26(37)24(35)19-12-20(29)14-21(30)13-19)25(36)32-23-15-22(33-34(23)27(2,3)4)28(5,6)16-18-10-8-7-9-11-18/h7-15,17,24,35H,16H2,1-6H3,(H,31,37)(H,32,36)/t17-,24-/m0/s1. The molecule has 0 fully saturated rings. The van der Waals surface area contributed by atoms with E-state index in [2.05, 4.69) is 36.6 Å². The predicted molar refractivity (Wildman–Crippen MR) is 138 cm³/mol. The minimum absolute atomic E-state index is 0.251. The monoisotopic (exact) mass is 512 g/mol. The summed E-state index contributed by atoms with van der Waals surface area (Å²) in [5.74, 6) is -2.88. The average Bonchev–Trinajstić information content (AvgIpc) is 3.23. The number of hydrogen-bond acceptors (Lipinski definition) is 4. The Bertz CT molecular complexity index is 1250. The van der Waals surface area contributed by atoms with Crippen LogP contribution in [0.3, 0.4) is 0 Å². The molecule has 2 atom stereocenters. The molecule has 0 aliphatic heterocycles. The first kappa shape index (κ1) is 28.0. The van der Waals surface area contributed by atoms with Gasteiger partial charge in [0.1, 0.15) is 23.5 Å². The molecule has 1 aromatic heterocycles. The van der Waals surface area contributed by atoms with Gasteiger partial charge in [0, 0.05) is 17.5 Å². The molecule has 0 spiro atoms. The summed E-state index contributed by atoms with van der Waals surface area (Å²) < 4.78 is 28.7. The largest absolute Gasteiger partial charge is 0.378 e. The summed E-state index contributed by atoms with van der Waals surface area (Å²) in [6, 6.07) is 13.2. The molecule has 2 aromatic carbocycles. The van der Waals surface area contributed by atoms with Crippen LogP contribution < -0.4 is 10.6 Å². The van der Waals surface area contributed by atoms with Gasteiger partial charge in [0.15, 0.2) is 6.10 Å². The number of hydrogen-bond donors (Lipinski definition) is 3. The van der Waals surface area contributed by atoms with Gasteiger partial charge >= 0.3 is 0 Å². The highest BCUT2D eigenvalue weighted by Gasteiger charge is 2.30. The molecule has 0 aliphatic rings. The van der Waals surface area contributed by atoms with Crippen molar-refractivity contribution in [2.75, 3.05) is 5.32 Å². The third-order valence-corrected chi connectivity index (χ3v) is 5.98.